The van der Waals surface area contributed by atoms with Crippen LogP contribution in [0.3, 0.4) is 0 Å². The molecule has 2 N–H and O–H groups in total. The molecular formula is C18H16ClFN4O2. The second-order valence-corrected chi connectivity index (χ2v) is 5.62. The van der Waals surface area contributed by atoms with Gasteiger partial charge >= 0.3 is 0 Å². The lowest BCUT2D eigenvalue weighted by Crippen LogP contribution is -2.02. The van der Waals surface area contributed by atoms with Crippen molar-refractivity contribution in [2.45, 2.75) is 0 Å². The van der Waals surface area contributed by atoms with E-state index in [1.807, 2.05) is 0 Å². The molecule has 134 valence electrons. The third-order valence-electron chi connectivity index (χ3n) is 3.49. The van der Waals surface area contributed by atoms with Crippen LogP contribution >= 0.6 is 11.6 Å². The maximum absolute atomic E-state index is 13.0. The monoisotopic (exact) mass is 374 g/mol. The van der Waals surface area contributed by atoms with Gasteiger partial charge in [-0.25, -0.2) is 9.37 Å². The lowest BCUT2D eigenvalue weighted by molar-refractivity contribution is 0.405. The first-order chi connectivity index (χ1) is 12.6. The number of methoxy groups -OCH3 is 2. The third kappa shape index (κ3) is 4.12. The Bertz CT molecular complexity index is 906. The van der Waals surface area contributed by atoms with Crippen molar-refractivity contribution in [3.05, 3.63) is 59.5 Å². The molecule has 1 aromatic heterocycles. The minimum Gasteiger partial charge on any atom is -0.495 e. The minimum absolute atomic E-state index is 0.310. The minimum atomic E-state index is -0.310. The molecule has 0 spiro atoms. The van der Waals surface area contributed by atoms with Gasteiger partial charge in [-0.3, -0.25) is 0 Å². The van der Waals surface area contributed by atoms with Gasteiger partial charge in [-0.15, -0.1) is 0 Å². The molecule has 26 heavy (non-hydrogen) atoms. The van der Waals surface area contributed by atoms with Gasteiger partial charge < -0.3 is 20.1 Å². The molecule has 0 fully saturated rings. The van der Waals surface area contributed by atoms with Crippen LogP contribution in [-0.2, 0) is 0 Å². The van der Waals surface area contributed by atoms with Gasteiger partial charge in [0.2, 0.25) is 5.95 Å². The Kier molecular flexibility index (Phi) is 5.38. The first kappa shape index (κ1) is 17.8. The van der Waals surface area contributed by atoms with Crippen LogP contribution in [0.15, 0.2) is 48.7 Å². The lowest BCUT2D eigenvalue weighted by Gasteiger charge is -2.14. The zero-order chi connectivity index (χ0) is 18.5. The summed E-state index contributed by atoms with van der Waals surface area (Å²) in [6.45, 7) is 0. The van der Waals surface area contributed by atoms with E-state index in [9.17, 15) is 4.39 Å². The molecule has 0 atom stereocenters. The first-order valence-electron chi connectivity index (χ1n) is 7.63. The number of aromatic nitrogens is 2. The Balaban J connectivity index is 1.83. The maximum atomic E-state index is 13.0. The quantitative estimate of drug-likeness (QED) is 0.647. The summed E-state index contributed by atoms with van der Waals surface area (Å²) in [6.07, 6.45) is 1.60. The second-order valence-electron chi connectivity index (χ2n) is 5.21. The molecule has 2 aromatic carbocycles. The number of rotatable bonds is 6. The highest BCUT2D eigenvalue weighted by molar-refractivity contribution is 6.32. The van der Waals surface area contributed by atoms with Crippen LogP contribution in [0.1, 0.15) is 0 Å². The summed E-state index contributed by atoms with van der Waals surface area (Å²) in [6, 6.07) is 11.0. The first-order valence-corrected chi connectivity index (χ1v) is 8.01. The van der Waals surface area contributed by atoms with Crippen molar-refractivity contribution in [2.75, 3.05) is 24.9 Å². The number of hydrogen-bond donors (Lipinski definition) is 2. The third-order valence-corrected chi connectivity index (χ3v) is 3.79. The fourth-order valence-electron chi connectivity index (χ4n) is 2.25. The van der Waals surface area contributed by atoms with Gasteiger partial charge in [-0.05, 0) is 30.3 Å². The van der Waals surface area contributed by atoms with E-state index in [0.29, 0.717) is 39.7 Å². The highest BCUT2D eigenvalue weighted by Crippen LogP contribution is 2.37. The van der Waals surface area contributed by atoms with E-state index >= 15 is 0 Å². The lowest BCUT2D eigenvalue weighted by atomic mass is 10.2. The maximum Gasteiger partial charge on any atom is 0.229 e. The smallest absolute Gasteiger partial charge is 0.229 e. The molecule has 3 rings (SSSR count). The van der Waals surface area contributed by atoms with Gasteiger partial charge in [0.1, 0.15) is 23.1 Å². The number of nitrogens with one attached hydrogen (secondary N) is 2. The number of hydrogen-bond acceptors (Lipinski definition) is 6. The van der Waals surface area contributed by atoms with Crippen LogP contribution in [0.5, 0.6) is 11.5 Å². The molecular weight excluding hydrogens is 359 g/mol. The predicted molar refractivity (Wildman–Crippen MR) is 99.6 cm³/mol. The highest BCUT2D eigenvalue weighted by Gasteiger charge is 2.11. The molecule has 8 heteroatoms. The Labute approximate surface area is 155 Å². The standard InChI is InChI=1S/C18H16ClFN4O2/c1-25-15-10-14(16(26-2)9-13(15)19)23-17-7-8-21-18(24-17)22-12-5-3-11(20)4-6-12/h3-10H,1-2H3,(H2,21,22,23,24). The van der Waals surface area contributed by atoms with Crippen LogP contribution < -0.4 is 20.1 Å². The Morgan fingerprint density at radius 2 is 1.69 bits per heavy atom. The zero-order valence-electron chi connectivity index (χ0n) is 14.1. The number of halogens is 2. The Morgan fingerprint density at radius 3 is 2.38 bits per heavy atom. The second kappa shape index (κ2) is 7.88. The Morgan fingerprint density at radius 1 is 0.962 bits per heavy atom. The van der Waals surface area contributed by atoms with E-state index in [1.165, 1.54) is 19.2 Å². The number of ether oxygens (including phenoxy) is 2. The van der Waals surface area contributed by atoms with Gasteiger partial charge in [0.15, 0.2) is 0 Å². The van der Waals surface area contributed by atoms with Crippen LogP contribution in [0.25, 0.3) is 0 Å². The summed E-state index contributed by atoms with van der Waals surface area (Å²) in [5.41, 5.74) is 1.31. The van der Waals surface area contributed by atoms with E-state index < -0.39 is 0 Å². The van der Waals surface area contributed by atoms with E-state index in [-0.39, 0.29) is 5.82 Å². The topological polar surface area (TPSA) is 68.3 Å². The molecule has 0 saturated heterocycles. The number of anilines is 4. The van der Waals surface area contributed by atoms with E-state index in [0.717, 1.165) is 0 Å². The van der Waals surface area contributed by atoms with Crippen LogP contribution in [-0.4, -0.2) is 24.2 Å². The van der Waals surface area contributed by atoms with Crippen molar-refractivity contribution in [2.24, 2.45) is 0 Å². The summed E-state index contributed by atoms with van der Waals surface area (Å²) in [7, 11) is 3.08. The molecule has 0 amide bonds. The van der Waals surface area contributed by atoms with Crippen LogP contribution in [0, 0.1) is 5.82 Å². The molecule has 1 heterocycles. The molecule has 0 radical (unpaired) electrons. The van der Waals surface area contributed by atoms with Gasteiger partial charge in [-0.1, -0.05) is 11.6 Å². The highest BCUT2D eigenvalue weighted by atomic mass is 35.5. The molecule has 0 bridgehead atoms. The van der Waals surface area contributed by atoms with Gasteiger partial charge in [0, 0.05) is 24.0 Å². The molecule has 0 saturated carbocycles. The SMILES string of the molecule is COc1cc(Nc2ccnc(Nc3ccc(F)cc3)n2)c(OC)cc1Cl. The molecule has 6 nitrogen and oxygen atoms in total. The fourth-order valence-corrected chi connectivity index (χ4v) is 2.48. The summed E-state index contributed by atoms with van der Waals surface area (Å²) in [5.74, 6) is 1.64. The average Bonchev–Trinajstić information content (AvgIpc) is 2.65. The summed E-state index contributed by atoms with van der Waals surface area (Å²) in [5, 5.41) is 6.60. The van der Waals surface area contributed by atoms with E-state index in [1.54, 1.807) is 43.6 Å². The molecule has 0 unspecified atom stereocenters. The summed E-state index contributed by atoms with van der Waals surface area (Å²) in [4.78, 5) is 8.54. The average molecular weight is 375 g/mol. The molecule has 3 aromatic rings. The molecule has 0 aliphatic rings. The van der Waals surface area contributed by atoms with Crippen LogP contribution in [0.2, 0.25) is 5.02 Å². The van der Waals surface area contributed by atoms with Crippen molar-refractivity contribution >= 4 is 34.7 Å². The fraction of sp³-hybridized carbons (Fsp3) is 0.111. The van der Waals surface area contributed by atoms with E-state index in [4.69, 9.17) is 21.1 Å². The van der Waals surface area contributed by atoms with Crippen molar-refractivity contribution in [1.82, 2.24) is 9.97 Å². The number of nitrogens with zero attached hydrogens (tertiary/aromatic N) is 2. The van der Waals surface area contributed by atoms with Crippen molar-refractivity contribution < 1.29 is 13.9 Å². The normalized spacial score (nSPS) is 10.3. The summed E-state index contributed by atoms with van der Waals surface area (Å²) >= 11 is 6.11. The van der Waals surface area contributed by atoms with Crippen molar-refractivity contribution in [3.8, 4) is 11.5 Å². The van der Waals surface area contributed by atoms with Gasteiger partial charge in [0.25, 0.3) is 0 Å². The number of benzene rings is 2. The van der Waals surface area contributed by atoms with Gasteiger partial charge in [-0.2, -0.15) is 4.98 Å². The Hall–Kier alpha value is -3.06. The molecule has 0 aliphatic carbocycles. The molecule has 0 aliphatic heterocycles. The van der Waals surface area contributed by atoms with Crippen molar-refractivity contribution in [3.63, 3.8) is 0 Å². The van der Waals surface area contributed by atoms with Crippen LogP contribution in [0.4, 0.5) is 27.5 Å². The van der Waals surface area contributed by atoms with Gasteiger partial charge in [0.05, 0.1) is 24.9 Å². The van der Waals surface area contributed by atoms with E-state index in [2.05, 4.69) is 20.6 Å². The predicted octanol–water partition coefficient (Wildman–Crippen LogP) is 4.77. The summed E-state index contributed by atoms with van der Waals surface area (Å²) < 4.78 is 23.6. The van der Waals surface area contributed by atoms with Crippen molar-refractivity contribution in [1.29, 1.82) is 0 Å². The largest absolute Gasteiger partial charge is 0.495 e. The zero-order valence-corrected chi connectivity index (χ0v) is 14.8.